The van der Waals surface area contributed by atoms with Crippen molar-refractivity contribution in [3.05, 3.63) is 60.4 Å². The van der Waals surface area contributed by atoms with Crippen LogP contribution in [0.2, 0.25) is 0 Å². The third-order valence-electron chi connectivity index (χ3n) is 12.9. The van der Waals surface area contributed by atoms with E-state index in [1.165, 1.54) is 25.5 Å². The molecule has 1 N–H and O–H groups in total. The monoisotopic (exact) mass is 720 g/mol. The first-order chi connectivity index (χ1) is 25.7. The number of nitrogens with one attached hydrogen (secondary N) is 1. The van der Waals surface area contributed by atoms with Gasteiger partial charge in [0, 0.05) is 61.7 Å². The third kappa shape index (κ3) is 5.80. The van der Waals surface area contributed by atoms with Gasteiger partial charge in [0.1, 0.15) is 5.52 Å². The second kappa shape index (κ2) is 13.5. The van der Waals surface area contributed by atoms with Crippen molar-refractivity contribution in [1.29, 1.82) is 0 Å². The van der Waals surface area contributed by atoms with Gasteiger partial charge in [-0.2, -0.15) is 0 Å². The van der Waals surface area contributed by atoms with Crippen LogP contribution in [0.4, 0.5) is 21.6 Å². The van der Waals surface area contributed by atoms with Gasteiger partial charge >= 0.3 is 0 Å². The Bertz CT molecular complexity index is 2040. The number of nitrogens with zero attached hydrogens (tertiary/aromatic N) is 7. The number of halogens is 1. The molecule has 1 aromatic carbocycles. The van der Waals surface area contributed by atoms with Gasteiger partial charge in [-0.3, -0.25) is 14.6 Å². The third-order valence-corrected chi connectivity index (χ3v) is 12.9. The Morgan fingerprint density at radius 1 is 1.00 bits per heavy atom. The topological polar surface area (TPSA) is 109 Å². The van der Waals surface area contributed by atoms with Crippen LogP contribution in [0.1, 0.15) is 83.2 Å². The smallest absolute Gasteiger partial charge is 0.238 e. The van der Waals surface area contributed by atoms with E-state index >= 15 is 0 Å². The van der Waals surface area contributed by atoms with Gasteiger partial charge < -0.3 is 29.3 Å². The maximum absolute atomic E-state index is 14.9. The Hall–Kier alpha value is -4.42. The van der Waals surface area contributed by atoms with Crippen molar-refractivity contribution in [1.82, 2.24) is 29.3 Å². The number of pyridine rings is 2. The SMILES string of the molecule is COC1CC(C(=O)N2CCC3(CC2)C(=O)N(C2CC(N4CCCCC4)C2)c2cc(-c4cc5ncn(C(C)C)c5c(Nc5ccncc5F)n4)ccc23)C1. The Labute approximate surface area is 309 Å². The van der Waals surface area contributed by atoms with Gasteiger partial charge in [-0.1, -0.05) is 18.6 Å². The highest BCUT2D eigenvalue weighted by Crippen LogP contribution is 2.52. The molecule has 2 saturated carbocycles. The Morgan fingerprint density at radius 3 is 2.49 bits per heavy atom. The summed E-state index contributed by atoms with van der Waals surface area (Å²) < 4.78 is 22.3. The van der Waals surface area contributed by atoms with E-state index in [-0.39, 0.29) is 41.6 Å². The fourth-order valence-electron chi connectivity index (χ4n) is 9.56. The molecule has 1 spiro atoms. The molecule has 2 aliphatic carbocycles. The molecular formula is C41H49FN8O3. The minimum Gasteiger partial charge on any atom is -0.381 e. The molecule has 2 amide bonds. The van der Waals surface area contributed by atoms with Gasteiger partial charge in [-0.05, 0) is 102 Å². The number of benzene rings is 1. The molecule has 11 nitrogen and oxygen atoms in total. The van der Waals surface area contributed by atoms with Crippen LogP contribution in [0, 0.1) is 11.7 Å². The molecule has 5 aliphatic rings. The zero-order valence-electron chi connectivity index (χ0n) is 30.9. The second-order valence-corrected chi connectivity index (χ2v) is 16.2. The molecule has 0 bridgehead atoms. The number of imidazole rings is 1. The highest BCUT2D eigenvalue weighted by Gasteiger charge is 2.56. The predicted octanol–water partition coefficient (Wildman–Crippen LogP) is 6.61. The van der Waals surface area contributed by atoms with Crippen LogP contribution in [0.3, 0.4) is 0 Å². The van der Waals surface area contributed by atoms with E-state index in [0.717, 1.165) is 66.6 Å². The molecule has 12 heteroatoms. The second-order valence-electron chi connectivity index (χ2n) is 16.2. The first-order valence-electron chi connectivity index (χ1n) is 19.5. The summed E-state index contributed by atoms with van der Waals surface area (Å²) in [6, 6.07) is 10.7. The fraction of sp³-hybridized carbons (Fsp3) is 0.537. The molecule has 3 aliphatic heterocycles. The number of ether oxygens (including phenoxy) is 1. The number of rotatable bonds is 8. The summed E-state index contributed by atoms with van der Waals surface area (Å²) in [5.41, 5.74) is 4.74. The molecule has 278 valence electrons. The number of aromatic nitrogens is 4. The lowest BCUT2D eigenvalue weighted by Gasteiger charge is -2.48. The van der Waals surface area contributed by atoms with Gasteiger partial charge in [-0.15, -0.1) is 0 Å². The van der Waals surface area contributed by atoms with E-state index in [0.29, 0.717) is 43.5 Å². The van der Waals surface area contributed by atoms with E-state index < -0.39 is 11.2 Å². The first kappa shape index (κ1) is 34.4. The lowest BCUT2D eigenvalue weighted by Crippen LogP contribution is -2.58. The predicted molar refractivity (Wildman–Crippen MR) is 202 cm³/mol. The van der Waals surface area contributed by atoms with Crippen molar-refractivity contribution in [2.24, 2.45) is 5.92 Å². The van der Waals surface area contributed by atoms with Gasteiger partial charge in [0.25, 0.3) is 0 Å². The van der Waals surface area contributed by atoms with E-state index in [1.807, 2.05) is 15.5 Å². The summed E-state index contributed by atoms with van der Waals surface area (Å²) >= 11 is 0. The molecule has 4 fully saturated rings. The van der Waals surface area contributed by atoms with Crippen LogP contribution in [-0.2, 0) is 19.7 Å². The average molecular weight is 721 g/mol. The van der Waals surface area contributed by atoms with Gasteiger partial charge in [0.2, 0.25) is 11.8 Å². The van der Waals surface area contributed by atoms with Crippen molar-refractivity contribution >= 4 is 40.0 Å². The Kier molecular flexibility index (Phi) is 8.72. The highest BCUT2D eigenvalue weighted by atomic mass is 19.1. The first-order valence-corrected chi connectivity index (χ1v) is 19.5. The normalized spacial score (nSPS) is 25.5. The summed E-state index contributed by atoms with van der Waals surface area (Å²) in [4.78, 5) is 48.8. The summed E-state index contributed by atoms with van der Waals surface area (Å²) in [5.74, 6) is 0.432. The zero-order chi connectivity index (χ0) is 36.4. The van der Waals surface area contributed by atoms with Crippen LogP contribution in [-0.4, -0.2) is 92.6 Å². The van der Waals surface area contributed by atoms with Crippen molar-refractivity contribution < 1.29 is 18.7 Å². The molecule has 4 aromatic rings. The largest absolute Gasteiger partial charge is 0.381 e. The van der Waals surface area contributed by atoms with Crippen LogP contribution >= 0.6 is 0 Å². The van der Waals surface area contributed by atoms with Gasteiger partial charge in [0.05, 0.1) is 40.9 Å². The van der Waals surface area contributed by atoms with Crippen LogP contribution in [0.25, 0.3) is 22.3 Å². The Balaban J connectivity index is 1.07. The summed E-state index contributed by atoms with van der Waals surface area (Å²) in [6.07, 6.45) is 13.2. The average Bonchev–Trinajstić information content (AvgIpc) is 3.67. The number of fused-ring (bicyclic) bond motifs is 3. The van der Waals surface area contributed by atoms with Crippen LogP contribution in [0.5, 0.6) is 0 Å². The number of methoxy groups -OCH3 is 1. The van der Waals surface area contributed by atoms with Crippen molar-refractivity contribution in [2.75, 3.05) is 43.5 Å². The Morgan fingerprint density at radius 2 is 1.77 bits per heavy atom. The van der Waals surface area contributed by atoms with Crippen molar-refractivity contribution in [3.63, 3.8) is 0 Å². The molecule has 3 aromatic heterocycles. The zero-order valence-corrected chi connectivity index (χ0v) is 30.9. The van der Waals surface area contributed by atoms with Gasteiger partial charge in [-0.25, -0.2) is 14.4 Å². The highest BCUT2D eigenvalue weighted by molar-refractivity contribution is 6.09. The van der Waals surface area contributed by atoms with Crippen LogP contribution in [0.15, 0.2) is 49.1 Å². The maximum Gasteiger partial charge on any atom is 0.238 e. The summed E-state index contributed by atoms with van der Waals surface area (Å²) in [6.45, 7) is 7.60. The molecule has 0 radical (unpaired) electrons. The molecule has 0 unspecified atom stereocenters. The standard InChI is InChI=1S/C41H49FN8O3/c1-25(2)49-24-44-35-22-34(46-38(37(35)49)45-33-9-12-43-23-32(33)42)26-7-8-31-36(19-26)50(29-20-28(21-29)47-13-5-4-6-14-47)40(52)41(31)10-15-48(16-11-41)39(51)27-17-30(18-27)53-3/h7-9,12,19,22-25,27-30H,4-6,10-11,13-18,20-21H2,1-3H3,(H,43,45,46). The van der Waals surface area contributed by atoms with E-state index in [2.05, 4.69) is 52.1 Å². The molecule has 9 rings (SSSR count). The quantitative estimate of drug-likeness (QED) is 0.217. The number of carbonyl (C=O) groups is 2. The number of likely N-dealkylation sites (tertiary alicyclic amines) is 2. The lowest BCUT2D eigenvalue weighted by molar-refractivity contribution is -0.146. The summed E-state index contributed by atoms with van der Waals surface area (Å²) in [7, 11) is 1.71. The lowest BCUT2D eigenvalue weighted by atomic mass is 9.72. The van der Waals surface area contributed by atoms with Crippen LogP contribution < -0.4 is 10.2 Å². The number of hydrogen-bond donors (Lipinski definition) is 1. The molecule has 2 saturated heterocycles. The number of piperidine rings is 2. The maximum atomic E-state index is 14.9. The molecule has 53 heavy (non-hydrogen) atoms. The molecular weight excluding hydrogens is 672 g/mol. The number of amides is 2. The van der Waals surface area contributed by atoms with E-state index in [9.17, 15) is 14.0 Å². The number of anilines is 3. The van der Waals surface area contributed by atoms with Crippen molar-refractivity contribution in [2.45, 2.75) is 101 Å². The minimum atomic E-state index is -0.658. The minimum absolute atomic E-state index is 0.0209. The molecule has 6 heterocycles. The molecule has 0 atom stereocenters. The number of carbonyl (C=O) groups excluding carboxylic acids is 2. The van der Waals surface area contributed by atoms with Gasteiger partial charge in [0.15, 0.2) is 11.6 Å². The summed E-state index contributed by atoms with van der Waals surface area (Å²) in [5, 5.41) is 3.23. The van der Waals surface area contributed by atoms with E-state index in [1.54, 1.807) is 25.7 Å². The van der Waals surface area contributed by atoms with Crippen molar-refractivity contribution in [3.8, 4) is 11.3 Å². The number of hydrogen-bond acceptors (Lipinski definition) is 8. The fourth-order valence-corrected chi connectivity index (χ4v) is 9.56. The van der Waals surface area contributed by atoms with E-state index in [4.69, 9.17) is 14.7 Å².